The SMILES string of the molecule is COCCNC(=O)/C=C/c1ccc([N+](=O)[O-])s1. The molecule has 1 aromatic rings. The summed E-state index contributed by atoms with van der Waals surface area (Å²) in [6, 6.07) is 3.01. The number of nitrogens with one attached hydrogen (secondary N) is 1. The van der Waals surface area contributed by atoms with Crippen LogP contribution in [0.4, 0.5) is 5.00 Å². The third kappa shape index (κ3) is 4.75. The zero-order valence-electron chi connectivity index (χ0n) is 9.21. The summed E-state index contributed by atoms with van der Waals surface area (Å²) in [5.74, 6) is -0.252. The Bertz CT molecular complexity index is 428. The van der Waals surface area contributed by atoms with Crippen molar-refractivity contribution in [2.24, 2.45) is 0 Å². The Hall–Kier alpha value is -1.73. The molecular formula is C10H12N2O4S. The topological polar surface area (TPSA) is 81.5 Å². The van der Waals surface area contributed by atoms with Crippen LogP contribution >= 0.6 is 11.3 Å². The van der Waals surface area contributed by atoms with Crippen LogP contribution in [0, 0.1) is 10.1 Å². The van der Waals surface area contributed by atoms with Gasteiger partial charge in [-0.2, -0.15) is 0 Å². The lowest BCUT2D eigenvalue weighted by atomic mass is 10.4. The first kappa shape index (κ1) is 13.3. The van der Waals surface area contributed by atoms with Gasteiger partial charge in [-0.05, 0) is 12.1 Å². The van der Waals surface area contributed by atoms with Crippen molar-refractivity contribution in [3.05, 3.63) is 33.2 Å². The number of rotatable bonds is 6. The third-order valence-corrected chi connectivity index (χ3v) is 2.80. The van der Waals surface area contributed by atoms with Crippen molar-refractivity contribution in [2.75, 3.05) is 20.3 Å². The van der Waals surface area contributed by atoms with E-state index in [-0.39, 0.29) is 10.9 Å². The zero-order chi connectivity index (χ0) is 12.7. The molecule has 92 valence electrons. The first-order valence-electron chi connectivity index (χ1n) is 4.82. The summed E-state index contributed by atoms with van der Waals surface area (Å²) in [5.41, 5.74) is 0. The van der Waals surface area contributed by atoms with E-state index in [0.29, 0.717) is 18.0 Å². The minimum absolute atomic E-state index is 0.0597. The molecule has 0 spiro atoms. The first-order chi connectivity index (χ1) is 8.13. The fraction of sp³-hybridized carbons (Fsp3) is 0.300. The van der Waals surface area contributed by atoms with Crippen LogP contribution in [0.2, 0.25) is 0 Å². The van der Waals surface area contributed by atoms with Crippen LogP contribution in [0.1, 0.15) is 4.88 Å². The lowest BCUT2D eigenvalue weighted by Crippen LogP contribution is -2.24. The molecule has 0 aromatic carbocycles. The summed E-state index contributed by atoms with van der Waals surface area (Å²) >= 11 is 1.02. The molecule has 0 aliphatic carbocycles. The first-order valence-corrected chi connectivity index (χ1v) is 5.64. The largest absolute Gasteiger partial charge is 0.383 e. The van der Waals surface area contributed by atoms with Crippen LogP contribution in [0.3, 0.4) is 0 Å². The van der Waals surface area contributed by atoms with Gasteiger partial charge in [-0.3, -0.25) is 14.9 Å². The number of methoxy groups -OCH3 is 1. The Labute approximate surface area is 102 Å². The number of carbonyl (C=O) groups is 1. The molecule has 0 fully saturated rings. The standard InChI is InChI=1S/C10H12N2O4S/c1-16-7-6-11-9(13)4-2-8-3-5-10(17-8)12(14)15/h2-5H,6-7H2,1H3,(H,11,13)/b4-2+. The van der Waals surface area contributed by atoms with E-state index in [4.69, 9.17) is 4.74 Å². The highest BCUT2D eigenvalue weighted by atomic mass is 32.1. The summed E-state index contributed by atoms with van der Waals surface area (Å²) in [6.07, 6.45) is 2.88. The smallest absolute Gasteiger partial charge is 0.324 e. The predicted molar refractivity (Wildman–Crippen MR) is 64.9 cm³/mol. The number of carbonyl (C=O) groups excluding carboxylic acids is 1. The van der Waals surface area contributed by atoms with Crippen LogP contribution in [-0.2, 0) is 9.53 Å². The Kier molecular flexibility index (Phi) is 5.31. The molecule has 1 amide bonds. The lowest BCUT2D eigenvalue weighted by molar-refractivity contribution is -0.380. The maximum Gasteiger partial charge on any atom is 0.324 e. The van der Waals surface area contributed by atoms with Crippen LogP contribution < -0.4 is 5.32 Å². The molecule has 7 heteroatoms. The molecule has 1 rings (SSSR count). The summed E-state index contributed by atoms with van der Waals surface area (Å²) in [7, 11) is 1.55. The molecule has 6 nitrogen and oxygen atoms in total. The van der Waals surface area contributed by atoms with Crippen LogP contribution in [0.15, 0.2) is 18.2 Å². The molecule has 1 aromatic heterocycles. The minimum Gasteiger partial charge on any atom is -0.383 e. The van der Waals surface area contributed by atoms with Gasteiger partial charge >= 0.3 is 5.00 Å². The van der Waals surface area contributed by atoms with Gasteiger partial charge in [0, 0.05) is 30.7 Å². The van der Waals surface area contributed by atoms with Gasteiger partial charge in [-0.1, -0.05) is 11.3 Å². The van der Waals surface area contributed by atoms with E-state index in [1.54, 1.807) is 19.3 Å². The average molecular weight is 256 g/mol. The van der Waals surface area contributed by atoms with Crippen LogP contribution in [0.25, 0.3) is 6.08 Å². The normalized spacial score (nSPS) is 10.6. The number of amides is 1. The van der Waals surface area contributed by atoms with Crippen LogP contribution in [-0.4, -0.2) is 31.1 Å². The number of thiophene rings is 1. The van der Waals surface area contributed by atoms with Crippen molar-refractivity contribution in [2.45, 2.75) is 0 Å². The van der Waals surface area contributed by atoms with Crippen molar-refractivity contribution in [1.29, 1.82) is 0 Å². The maximum absolute atomic E-state index is 11.2. The molecular weight excluding hydrogens is 244 g/mol. The Morgan fingerprint density at radius 3 is 3.00 bits per heavy atom. The van der Waals surface area contributed by atoms with Crippen molar-refractivity contribution in [1.82, 2.24) is 5.32 Å². The fourth-order valence-corrected chi connectivity index (χ4v) is 1.75. The molecule has 0 aliphatic rings. The molecule has 0 saturated carbocycles. The summed E-state index contributed by atoms with van der Waals surface area (Å²) in [5, 5.41) is 13.1. The molecule has 0 atom stereocenters. The molecule has 1 heterocycles. The Morgan fingerprint density at radius 2 is 2.41 bits per heavy atom. The van der Waals surface area contributed by atoms with E-state index < -0.39 is 4.92 Å². The van der Waals surface area contributed by atoms with Gasteiger partial charge < -0.3 is 10.1 Å². The zero-order valence-corrected chi connectivity index (χ0v) is 10.0. The highest BCUT2D eigenvalue weighted by molar-refractivity contribution is 7.16. The van der Waals surface area contributed by atoms with E-state index in [2.05, 4.69) is 5.32 Å². The molecule has 0 bridgehead atoms. The third-order valence-electron chi connectivity index (χ3n) is 1.80. The Balaban J connectivity index is 2.46. The van der Waals surface area contributed by atoms with E-state index in [9.17, 15) is 14.9 Å². The van der Waals surface area contributed by atoms with Crippen LogP contribution in [0.5, 0.6) is 0 Å². The van der Waals surface area contributed by atoms with Crippen molar-refractivity contribution < 1.29 is 14.5 Å². The minimum atomic E-state index is -0.458. The van der Waals surface area contributed by atoms with Crippen molar-refractivity contribution in [3.63, 3.8) is 0 Å². The number of hydrogen-bond donors (Lipinski definition) is 1. The molecule has 0 radical (unpaired) electrons. The second kappa shape index (κ2) is 6.77. The van der Waals surface area contributed by atoms with Gasteiger partial charge in [0.1, 0.15) is 0 Å². The molecule has 0 saturated heterocycles. The Morgan fingerprint density at radius 1 is 1.65 bits per heavy atom. The lowest BCUT2D eigenvalue weighted by Gasteiger charge is -1.99. The average Bonchev–Trinajstić information content (AvgIpc) is 2.75. The highest BCUT2D eigenvalue weighted by Crippen LogP contribution is 2.24. The number of nitro groups is 1. The van der Waals surface area contributed by atoms with Gasteiger partial charge in [-0.25, -0.2) is 0 Å². The monoisotopic (exact) mass is 256 g/mol. The van der Waals surface area contributed by atoms with Crippen molar-refractivity contribution >= 4 is 28.3 Å². The summed E-state index contributed by atoms with van der Waals surface area (Å²) in [6.45, 7) is 0.883. The van der Waals surface area contributed by atoms with E-state index >= 15 is 0 Å². The number of nitrogens with zero attached hydrogens (tertiary/aromatic N) is 1. The molecule has 1 N–H and O–H groups in total. The molecule has 0 unspecified atom stereocenters. The van der Waals surface area contributed by atoms with Gasteiger partial charge in [-0.15, -0.1) is 0 Å². The van der Waals surface area contributed by atoms with E-state index in [1.807, 2.05) is 0 Å². The quantitative estimate of drug-likeness (QED) is 0.361. The van der Waals surface area contributed by atoms with Gasteiger partial charge in [0.2, 0.25) is 5.91 Å². The van der Waals surface area contributed by atoms with Crippen molar-refractivity contribution in [3.8, 4) is 0 Å². The summed E-state index contributed by atoms with van der Waals surface area (Å²) < 4.78 is 4.77. The van der Waals surface area contributed by atoms with E-state index in [0.717, 1.165) is 11.3 Å². The van der Waals surface area contributed by atoms with Gasteiger partial charge in [0.05, 0.1) is 11.5 Å². The maximum atomic E-state index is 11.2. The number of hydrogen-bond acceptors (Lipinski definition) is 5. The second-order valence-corrected chi connectivity index (χ2v) is 4.14. The highest BCUT2D eigenvalue weighted by Gasteiger charge is 2.07. The summed E-state index contributed by atoms with van der Waals surface area (Å²) in [4.78, 5) is 21.9. The second-order valence-electron chi connectivity index (χ2n) is 3.05. The fourth-order valence-electron chi connectivity index (χ4n) is 1.02. The predicted octanol–water partition coefficient (Wildman–Crippen LogP) is 1.43. The molecule has 0 aliphatic heterocycles. The van der Waals surface area contributed by atoms with E-state index in [1.165, 1.54) is 12.1 Å². The van der Waals surface area contributed by atoms with Gasteiger partial charge in [0.15, 0.2) is 0 Å². The van der Waals surface area contributed by atoms with Gasteiger partial charge in [0.25, 0.3) is 0 Å². The number of ether oxygens (including phenoxy) is 1. The molecule has 17 heavy (non-hydrogen) atoms.